The van der Waals surface area contributed by atoms with E-state index in [1.807, 2.05) is 38.1 Å². The number of aromatic nitrogens is 2. The van der Waals surface area contributed by atoms with Crippen molar-refractivity contribution in [2.45, 2.75) is 51.9 Å². The highest BCUT2D eigenvalue weighted by molar-refractivity contribution is 6.05. The number of rotatable bonds is 6. The summed E-state index contributed by atoms with van der Waals surface area (Å²) in [6, 6.07) is 14.0. The smallest absolute Gasteiger partial charge is 0.342 e. The molecule has 172 valence electrons. The number of phenolic OH excluding ortho intramolecular Hbond substituents is 1. The standard InChI is InChI=1S/C26H30N4O3/c1-3-14-27-26(33)30-23(18-9-5-6-10-18)16-22(29-30)21-13-12-19(15-24(21)31)28-25(32)20-11-7-4-8-17(20)2/h4,7-8,11-13,15-16,18,31H,3,5-6,9-10,14H2,1-2H3,(H,27,33)(H,28,32). The summed E-state index contributed by atoms with van der Waals surface area (Å²) >= 11 is 0. The number of nitrogens with one attached hydrogen (secondary N) is 2. The molecule has 0 bridgehead atoms. The normalized spacial score (nSPS) is 13.8. The first-order valence-electron chi connectivity index (χ1n) is 11.6. The maximum absolute atomic E-state index is 12.7. The molecule has 0 radical (unpaired) electrons. The van der Waals surface area contributed by atoms with Gasteiger partial charge in [-0.25, -0.2) is 4.79 Å². The van der Waals surface area contributed by atoms with Crippen molar-refractivity contribution in [3.8, 4) is 17.0 Å². The summed E-state index contributed by atoms with van der Waals surface area (Å²) in [5.41, 5.74) is 3.89. The molecule has 3 N–H and O–H groups in total. The number of aromatic hydroxyl groups is 1. The van der Waals surface area contributed by atoms with Gasteiger partial charge in [-0.15, -0.1) is 0 Å². The summed E-state index contributed by atoms with van der Waals surface area (Å²) in [7, 11) is 0. The Morgan fingerprint density at radius 3 is 2.58 bits per heavy atom. The van der Waals surface area contributed by atoms with E-state index in [2.05, 4.69) is 15.7 Å². The Bertz CT molecular complexity index is 1160. The van der Waals surface area contributed by atoms with Crippen molar-refractivity contribution >= 4 is 17.6 Å². The Kier molecular flexibility index (Phi) is 6.77. The van der Waals surface area contributed by atoms with Crippen LogP contribution < -0.4 is 10.6 Å². The molecule has 0 atom stereocenters. The molecular weight excluding hydrogens is 416 g/mol. The van der Waals surface area contributed by atoms with E-state index in [0.717, 1.165) is 43.4 Å². The molecule has 1 aliphatic rings. The van der Waals surface area contributed by atoms with Crippen molar-refractivity contribution in [2.75, 3.05) is 11.9 Å². The van der Waals surface area contributed by atoms with E-state index in [4.69, 9.17) is 0 Å². The van der Waals surface area contributed by atoms with Gasteiger partial charge in [0.2, 0.25) is 0 Å². The maximum atomic E-state index is 12.7. The van der Waals surface area contributed by atoms with Crippen molar-refractivity contribution in [2.24, 2.45) is 0 Å². The molecule has 1 aromatic heterocycles. The van der Waals surface area contributed by atoms with E-state index in [0.29, 0.717) is 29.1 Å². The van der Waals surface area contributed by atoms with Crippen LogP contribution in [0.1, 0.15) is 66.6 Å². The fourth-order valence-electron chi connectivity index (χ4n) is 4.36. The largest absolute Gasteiger partial charge is 0.507 e. The topological polar surface area (TPSA) is 96.3 Å². The van der Waals surface area contributed by atoms with Crippen molar-refractivity contribution in [3.63, 3.8) is 0 Å². The molecule has 0 aliphatic heterocycles. The zero-order valence-electron chi connectivity index (χ0n) is 19.1. The SMILES string of the molecule is CCCNC(=O)n1nc(-c2ccc(NC(=O)c3ccccc3C)cc2O)cc1C1CCCC1. The quantitative estimate of drug-likeness (QED) is 0.470. The summed E-state index contributed by atoms with van der Waals surface area (Å²) in [6.45, 7) is 4.47. The number of hydrogen-bond donors (Lipinski definition) is 3. The molecule has 1 saturated carbocycles. The van der Waals surface area contributed by atoms with Crippen molar-refractivity contribution in [3.05, 3.63) is 65.4 Å². The van der Waals surface area contributed by atoms with Crippen LogP contribution in [0.3, 0.4) is 0 Å². The summed E-state index contributed by atoms with van der Waals surface area (Å²) in [5, 5.41) is 21.0. The van der Waals surface area contributed by atoms with Gasteiger partial charge in [0.25, 0.3) is 5.91 Å². The molecule has 2 aromatic carbocycles. The molecule has 3 aromatic rings. The van der Waals surface area contributed by atoms with Crippen molar-refractivity contribution in [1.82, 2.24) is 15.1 Å². The van der Waals surface area contributed by atoms with Crippen molar-refractivity contribution < 1.29 is 14.7 Å². The Labute approximate surface area is 193 Å². The summed E-state index contributed by atoms with van der Waals surface area (Å²) in [6.07, 6.45) is 5.18. The monoisotopic (exact) mass is 446 g/mol. The van der Waals surface area contributed by atoms with Gasteiger partial charge in [-0.1, -0.05) is 38.0 Å². The second-order valence-electron chi connectivity index (χ2n) is 8.58. The first-order valence-corrected chi connectivity index (χ1v) is 11.6. The number of anilines is 1. The number of carbonyl (C=O) groups excluding carboxylic acids is 2. The Morgan fingerprint density at radius 1 is 1.12 bits per heavy atom. The Balaban J connectivity index is 1.60. The van der Waals surface area contributed by atoms with Crippen LogP contribution in [0.5, 0.6) is 5.75 Å². The second kappa shape index (κ2) is 9.90. The van der Waals surface area contributed by atoms with Gasteiger partial charge in [0, 0.05) is 35.3 Å². The lowest BCUT2D eigenvalue weighted by Crippen LogP contribution is -2.31. The van der Waals surface area contributed by atoms with Crippen LogP contribution in [0.4, 0.5) is 10.5 Å². The zero-order valence-corrected chi connectivity index (χ0v) is 19.1. The Hall–Kier alpha value is -3.61. The average molecular weight is 447 g/mol. The van der Waals surface area contributed by atoms with E-state index in [1.165, 1.54) is 10.7 Å². The molecule has 1 aliphatic carbocycles. The molecule has 0 saturated heterocycles. The number of phenols is 1. The third-order valence-corrected chi connectivity index (χ3v) is 6.15. The summed E-state index contributed by atoms with van der Waals surface area (Å²) < 4.78 is 1.45. The number of hydrogen-bond acceptors (Lipinski definition) is 4. The number of benzene rings is 2. The van der Waals surface area contributed by atoms with Crippen LogP contribution in [0.15, 0.2) is 48.5 Å². The predicted octanol–water partition coefficient (Wildman–Crippen LogP) is 5.44. The minimum atomic E-state index is -0.244. The van der Waals surface area contributed by atoms with Gasteiger partial charge in [-0.3, -0.25) is 4.79 Å². The number of nitrogens with zero attached hydrogens (tertiary/aromatic N) is 2. The van der Waals surface area contributed by atoms with E-state index in [-0.39, 0.29) is 23.6 Å². The second-order valence-corrected chi connectivity index (χ2v) is 8.58. The van der Waals surface area contributed by atoms with Gasteiger partial charge in [0.05, 0.1) is 11.4 Å². The summed E-state index contributed by atoms with van der Waals surface area (Å²) in [5.74, 6) is 0.0447. The van der Waals surface area contributed by atoms with Crippen LogP contribution in [0.25, 0.3) is 11.3 Å². The molecule has 1 heterocycles. The number of amides is 2. The average Bonchev–Trinajstić information content (AvgIpc) is 3.48. The molecule has 4 rings (SSSR count). The third kappa shape index (κ3) is 4.92. The Morgan fingerprint density at radius 2 is 1.88 bits per heavy atom. The minimum absolute atomic E-state index is 0.00540. The van der Waals surface area contributed by atoms with Gasteiger partial charge < -0.3 is 15.7 Å². The summed E-state index contributed by atoms with van der Waals surface area (Å²) in [4.78, 5) is 25.3. The maximum Gasteiger partial charge on any atom is 0.342 e. The third-order valence-electron chi connectivity index (χ3n) is 6.15. The van der Waals surface area contributed by atoms with E-state index in [9.17, 15) is 14.7 Å². The fraction of sp³-hybridized carbons (Fsp3) is 0.346. The van der Waals surface area contributed by atoms with E-state index < -0.39 is 0 Å². The van der Waals surface area contributed by atoms with Gasteiger partial charge in [-0.2, -0.15) is 9.78 Å². The van der Waals surface area contributed by atoms with Gasteiger partial charge in [0.1, 0.15) is 5.75 Å². The first kappa shape index (κ1) is 22.6. The molecule has 7 heteroatoms. The van der Waals surface area contributed by atoms with Crippen LogP contribution in [0, 0.1) is 6.92 Å². The van der Waals surface area contributed by atoms with Gasteiger partial charge >= 0.3 is 6.03 Å². The minimum Gasteiger partial charge on any atom is -0.507 e. The van der Waals surface area contributed by atoms with Gasteiger partial charge in [0.15, 0.2) is 0 Å². The molecule has 33 heavy (non-hydrogen) atoms. The first-order chi connectivity index (χ1) is 16.0. The molecule has 1 fully saturated rings. The highest BCUT2D eigenvalue weighted by Crippen LogP contribution is 2.38. The highest BCUT2D eigenvalue weighted by atomic mass is 16.3. The van der Waals surface area contributed by atoms with Crippen LogP contribution in [0.2, 0.25) is 0 Å². The van der Waals surface area contributed by atoms with Crippen LogP contribution in [-0.4, -0.2) is 33.4 Å². The number of carbonyl (C=O) groups is 2. The van der Waals surface area contributed by atoms with E-state index in [1.54, 1.807) is 18.2 Å². The lowest BCUT2D eigenvalue weighted by atomic mass is 10.0. The molecule has 0 unspecified atom stereocenters. The van der Waals surface area contributed by atoms with Gasteiger partial charge in [-0.05, 0) is 56.0 Å². The highest BCUT2D eigenvalue weighted by Gasteiger charge is 2.26. The van der Waals surface area contributed by atoms with Crippen LogP contribution >= 0.6 is 0 Å². The molecule has 7 nitrogen and oxygen atoms in total. The molecule has 0 spiro atoms. The van der Waals surface area contributed by atoms with Crippen LogP contribution in [-0.2, 0) is 0 Å². The predicted molar refractivity (Wildman–Crippen MR) is 129 cm³/mol. The lowest BCUT2D eigenvalue weighted by Gasteiger charge is -2.11. The zero-order chi connectivity index (χ0) is 23.4. The lowest BCUT2D eigenvalue weighted by molar-refractivity contribution is 0.102. The van der Waals surface area contributed by atoms with Crippen molar-refractivity contribution in [1.29, 1.82) is 0 Å². The molecular formula is C26H30N4O3. The fourth-order valence-corrected chi connectivity index (χ4v) is 4.36. The van der Waals surface area contributed by atoms with E-state index >= 15 is 0 Å². The number of aryl methyl sites for hydroxylation is 1. The molecule has 2 amide bonds.